The minimum Gasteiger partial charge on any atom is -0.616 e. The van der Waals surface area contributed by atoms with Gasteiger partial charge in [0, 0.05) is 12.5 Å². The Morgan fingerprint density at radius 1 is 1.27 bits per heavy atom. The lowest BCUT2D eigenvalue weighted by molar-refractivity contribution is 0.0180. The zero-order valence-electron chi connectivity index (χ0n) is 9.78. The number of rotatable bonds is 1. The van der Waals surface area contributed by atoms with E-state index in [0.717, 1.165) is 44.1 Å². The van der Waals surface area contributed by atoms with Gasteiger partial charge in [-0.1, -0.05) is 25.0 Å². The fourth-order valence-electron chi connectivity index (χ4n) is 2.80. The summed E-state index contributed by atoms with van der Waals surface area (Å²) in [6.45, 7) is 6.32. The van der Waals surface area contributed by atoms with Crippen molar-refractivity contribution in [1.29, 1.82) is 0 Å². The smallest absolute Gasteiger partial charge is 0.121 e. The van der Waals surface area contributed by atoms with Gasteiger partial charge in [-0.3, -0.25) is 0 Å². The van der Waals surface area contributed by atoms with Gasteiger partial charge in [-0.05, 0) is 31.1 Å². The molecule has 15 heavy (non-hydrogen) atoms. The summed E-state index contributed by atoms with van der Waals surface area (Å²) in [7, 11) is 0. The molecule has 0 aliphatic carbocycles. The molecular formula is C12H22O2S. The molecular weight excluding hydrogens is 208 g/mol. The van der Waals surface area contributed by atoms with E-state index >= 15 is 0 Å². The Hall–Kier alpha value is 0.270. The highest BCUT2D eigenvalue weighted by Crippen LogP contribution is 2.35. The van der Waals surface area contributed by atoms with E-state index in [1.54, 1.807) is 0 Å². The van der Waals surface area contributed by atoms with E-state index in [1.807, 2.05) is 0 Å². The van der Waals surface area contributed by atoms with Crippen LogP contribution in [0, 0.1) is 17.8 Å². The Balaban J connectivity index is 1.99. The normalized spacial score (nSPS) is 47.8. The molecule has 2 fully saturated rings. The molecule has 0 aromatic heterocycles. The van der Waals surface area contributed by atoms with Crippen LogP contribution in [-0.4, -0.2) is 28.8 Å². The van der Waals surface area contributed by atoms with E-state index in [0.29, 0.717) is 17.1 Å². The first-order valence-electron chi connectivity index (χ1n) is 6.13. The van der Waals surface area contributed by atoms with E-state index in [9.17, 15) is 4.55 Å². The van der Waals surface area contributed by atoms with Gasteiger partial charge < -0.3 is 9.29 Å². The van der Waals surface area contributed by atoms with Crippen molar-refractivity contribution in [3.05, 3.63) is 0 Å². The van der Waals surface area contributed by atoms with Gasteiger partial charge in [0.25, 0.3) is 0 Å². The molecule has 0 spiro atoms. The highest BCUT2D eigenvalue weighted by Gasteiger charge is 2.40. The minimum absolute atomic E-state index is 0.407. The third-order valence-corrected chi connectivity index (χ3v) is 5.88. The highest BCUT2D eigenvalue weighted by atomic mass is 32.2. The van der Waals surface area contributed by atoms with Crippen LogP contribution >= 0.6 is 0 Å². The largest absolute Gasteiger partial charge is 0.616 e. The Bertz CT molecular complexity index is 210. The van der Waals surface area contributed by atoms with Gasteiger partial charge in [0.15, 0.2) is 0 Å². The van der Waals surface area contributed by atoms with Gasteiger partial charge in [0.05, 0.1) is 6.61 Å². The van der Waals surface area contributed by atoms with Crippen molar-refractivity contribution in [2.75, 3.05) is 19.0 Å². The Labute approximate surface area is 95.9 Å². The van der Waals surface area contributed by atoms with Crippen LogP contribution in [0.2, 0.25) is 0 Å². The first-order chi connectivity index (χ1) is 7.18. The van der Waals surface area contributed by atoms with E-state index in [4.69, 9.17) is 4.74 Å². The molecule has 88 valence electrons. The summed E-state index contributed by atoms with van der Waals surface area (Å²) in [5.74, 6) is 2.90. The molecule has 0 aromatic carbocycles. The van der Waals surface area contributed by atoms with Crippen LogP contribution in [0.1, 0.15) is 33.1 Å². The minimum atomic E-state index is -0.597. The summed E-state index contributed by atoms with van der Waals surface area (Å²) in [5.41, 5.74) is 0. The van der Waals surface area contributed by atoms with Crippen molar-refractivity contribution in [2.24, 2.45) is 17.8 Å². The van der Waals surface area contributed by atoms with Gasteiger partial charge in [-0.25, -0.2) is 0 Å². The second kappa shape index (κ2) is 5.07. The molecule has 0 bridgehead atoms. The molecule has 2 saturated heterocycles. The lowest BCUT2D eigenvalue weighted by Crippen LogP contribution is -2.44. The highest BCUT2D eigenvalue weighted by molar-refractivity contribution is 7.92. The predicted octanol–water partition coefficient (Wildman–Crippen LogP) is 2.21. The molecule has 0 amide bonds. The molecule has 0 saturated carbocycles. The molecule has 2 nitrogen and oxygen atoms in total. The van der Waals surface area contributed by atoms with Crippen molar-refractivity contribution in [1.82, 2.24) is 0 Å². The summed E-state index contributed by atoms with van der Waals surface area (Å²) in [6, 6.07) is 0. The van der Waals surface area contributed by atoms with Crippen molar-refractivity contribution in [2.45, 2.75) is 38.4 Å². The fourth-order valence-corrected chi connectivity index (χ4v) is 5.02. The number of hydrogen-bond donors (Lipinski definition) is 0. The summed E-state index contributed by atoms with van der Waals surface area (Å²) < 4.78 is 17.6. The standard InChI is InChI=1S/C12H22O2S/c1-9-4-6-15(13)12(7-9)11-8-14-5-3-10(11)2/h9-12H,3-8H2,1-2H3. The SMILES string of the molecule is CC1CC[S+]([O-])C(C2COCCC2C)C1. The van der Waals surface area contributed by atoms with E-state index in [-0.39, 0.29) is 0 Å². The van der Waals surface area contributed by atoms with Gasteiger partial charge in [-0.15, -0.1) is 0 Å². The van der Waals surface area contributed by atoms with Gasteiger partial charge >= 0.3 is 0 Å². The molecule has 2 aliphatic heterocycles. The Morgan fingerprint density at radius 2 is 2.07 bits per heavy atom. The summed E-state index contributed by atoms with van der Waals surface area (Å²) >= 11 is -0.597. The van der Waals surface area contributed by atoms with Crippen LogP contribution in [0.5, 0.6) is 0 Å². The first-order valence-corrected chi connectivity index (χ1v) is 7.51. The average Bonchev–Trinajstić information content (AvgIpc) is 2.23. The van der Waals surface area contributed by atoms with Crippen molar-refractivity contribution < 1.29 is 9.29 Å². The quantitative estimate of drug-likeness (QED) is 0.647. The maximum Gasteiger partial charge on any atom is 0.121 e. The molecule has 0 radical (unpaired) electrons. The van der Waals surface area contributed by atoms with Gasteiger partial charge in [-0.2, -0.15) is 0 Å². The Kier molecular flexibility index (Phi) is 3.97. The van der Waals surface area contributed by atoms with Crippen LogP contribution in [0.25, 0.3) is 0 Å². The molecule has 2 aliphatic rings. The predicted molar refractivity (Wildman–Crippen MR) is 63.3 cm³/mol. The maximum atomic E-state index is 12.0. The lowest BCUT2D eigenvalue weighted by atomic mass is 9.83. The topological polar surface area (TPSA) is 32.3 Å². The average molecular weight is 230 g/mol. The lowest BCUT2D eigenvalue weighted by Gasteiger charge is -2.39. The van der Waals surface area contributed by atoms with Crippen LogP contribution < -0.4 is 0 Å². The van der Waals surface area contributed by atoms with E-state index < -0.39 is 11.2 Å². The van der Waals surface area contributed by atoms with Crippen LogP contribution in [0.3, 0.4) is 0 Å². The molecule has 2 rings (SSSR count). The van der Waals surface area contributed by atoms with Crippen LogP contribution in [0.4, 0.5) is 0 Å². The van der Waals surface area contributed by atoms with Crippen molar-refractivity contribution in [3.8, 4) is 0 Å². The third kappa shape index (κ3) is 2.69. The summed E-state index contributed by atoms with van der Waals surface area (Å²) in [4.78, 5) is 0. The molecule has 5 unspecified atom stereocenters. The number of ether oxygens (including phenoxy) is 1. The van der Waals surface area contributed by atoms with Gasteiger partial charge in [0.1, 0.15) is 11.0 Å². The third-order valence-electron chi connectivity index (χ3n) is 4.02. The van der Waals surface area contributed by atoms with Crippen molar-refractivity contribution >= 4 is 11.2 Å². The molecule has 3 heteroatoms. The zero-order chi connectivity index (χ0) is 10.8. The number of hydrogen-bond acceptors (Lipinski definition) is 2. The molecule has 0 N–H and O–H groups in total. The van der Waals surface area contributed by atoms with Gasteiger partial charge in [0.2, 0.25) is 0 Å². The Morgan fingerprint density at radius 3 is 2.80 bits per heavy atom. The van der Waals surface area contributed by atoms with E-state index in [2.05, 4.69) is 13.8 Å². The van der Waals surface area contributed by atoms with Crippen LogP contribution in [-0.2, 0) is 15.9 Å². The monoisotopic (exact) mass is 230 g/mol. The zero-order valence-corrected chi connectivity index (χ0v) is 10.6. The maximum absolute atomic E-state index is 12.0. The molecule has 0 aromatic rings. The second-order valence-electron chi connectivity index (χ2n) is 5.26. The van der Waals surface area contributed by atoms with Crippen molar-refractivity contribution in [3.63, 3.8) is 0 Å². The molecule has 5 atom stereocenters. The summed E-state index contributed by atoms with van der Waals surface area (Å²) in [5, 5.41) is 0.407. The first kappa shape index (κ1) is 11.7. The fraction of sp³-hybridized carbons (Fsp3) is 1.00. The molecule has 2 heterocycles. The summed E-state index contributed by atoms with van der Waals surface area (Å²) in [6.07, 6.45) is 3.43. The van der Waals surface area contributed by atoms with Crippen LogP contribution in [0.15, 0.2) is 0 Å². The second-order valence-corrected chi connectivity index (χ2v) is 7.03. The van der Waals surface area contributed by atoms with E-state index in [1.165, 1.54) is 0 Å².